The van der Waals surface area contributed by atoms with E-state index in [-0.39, 0.29) is 50.2 Å². The molecular weight excluding hydrogens is 651 g/mol. The number of anilines is 1. The molecule has 0 bridgehead atoms. The first kappa shape index (κ1) is 36.6. The van der Waals surface area contributed by atoms with Crippen LogP contribution in [0.2, 0.25) is 10.0 Å². The van der Waals surface area contributed by atoms with E-state index >= 15 is 8.78 Å². The van der Waals surface area contributed by atoms with Crippen molar-refractivity contribution in [2.75, 3.05) is 25.6 Å². The van der Waals surface area contributed by atoms with Gasteiger partial charge in [-0.2, -0.15) is 0 Å². The van der Waals surface area contributed by atoms with Crippen LogP contribution in [0.15, 0.2) is 54.6 Å². The van der Waals surface area contributed by atoms with Crippen LogP contribution >= 0.6 is 23.2 Å². The van der Waals surface area contributed by atoms with E-state index in [4.69, 9.17) is 33.7 Å². The van der Waals surface area contributed by atoms with Crippen molar-refractivity contribution in [3.8, 4) is 5.75 Å². The number of carboxylic acids is 1. The number of hydrogen-bond acceptors (Lipinski definition) is 6. The Kier molecular flexibility index (Phi) is 11.6. The third-order valence-corrected chi connectivity index (χ3v) is 9.24. The van der Waals surface area contributed by atoms with Gasteiger partial charge in [-0.05, 0) is 79.6 Å². The molecule has 0 saturated carbocycles. The van der Waals surface area contributed by atoms with Gasteiger partial charge < -0.3 is 26.0 Å². The van der Waals surface area contributed by atoms with E-state index in [1.165, 1.54) is 49.6 Å². The lowest BCUT2D eigenvalue weighted by atomic mass is 9.68. The lowest BCUT2D eigenvalue weighted by Gasteiger charge is -2.41. The topological polar surface area (TPSA) is 125 Å². The molecule has 8 nitrogen and oxygen atoms in total. The Balaban J connectivity index is 2.00. The number of halogens is 4. The Morgan fingerprint density at radius 2 is 1.79 bits per heavy atom. The van der Waals surface area contributed by atoms with Crippen LogP contribution in [0.3, 0.4) is 0 Å². The number of nitrogens with two attached hydrogens (primary N) is 1. The normalized spacial score (nSPS) is 21.5. The second kappa shape index (κ2) is 14.9. The highest BCUT2D eigenvalue weighted by Gasteiger charge is 2.62. The van der Waals surface area contributed by atoms with Gasteiger partial charge in [0.25, 0.3) is 0 Å². The van der Waals surface area contributed by atoms with Gasteiger partial charge in [0.15, 0.2) is 0 Å². The minimum Gasteiger partial charge on any atom is -0.495 e. The number of rotatable bonds is 12. The highest BCUT2D eigenvalue weighted by Crippen LogP contribution is 2.54. The molecule has 0 unspecified atom stereocenters. The lowest BCUT2D eigenvalue weighted by Crippen LogP contribution is -2.53. The van der Waals surface area contributed by atoms with Crippen LogP contribution in [-0.4, -0.2) is 59.3 Å². The number of carbonyl (C=O) groups is 2. The van der Waals surface area contributed by atoms with Crippen LogP contribution in [0.1, 0.15) is 73.9 Å². The van der Waals surface area contributed by atoms with Crippen molar-refractivity contribution in [3.05, 3.63) is 93.0 Å². The first-order valence-corrected chi connectivity index (χ1v) is 16.2. The Bertz CT molecular complexity index is 1620. The molecule has 1 aliphatic heterocycles. The number of aliphatic hydroxyl groups is 1. The average molecular weight is 693 g/mol. The van der Waals surface area contributed by atoms with Gasteiger partial charge in [0.05, 0.1) is 35.0 Å². The first-order valence-electron chi connectivity index (χ1n) is 15.4. The van der Waals surface area contributed by atoms with E-state index < -0.39 is 47.1 Å². The largest absolute Gasteiger partial charge is 0.495 e. The van der Waals surface area contributed by atoms with Crippen molar-refractivity contribution < 1.29 is 33.3 Å². The molecule has 1 fully saturated rings. The first-order chi connectivity index (χ1) is 22.1. The number of methoxy groups -OCH3 is 1. The summed E-state index contributed by atoms with van der Waals surface area (Å²) >= 11 is 12.5. The Morgan fingerprint density at radius 1 is 1.06 bits per heavy atom. The van der Waals surface area contributed by atoms with Crippen LogP contribution in [0.4, 0.5) is 14.5 Å². The van der Waals surface area contributed by atoms with Crippen molar-refractivity contribution in [3.63, 3.8) is 0 Å². The summed E-state index contributed by atoms with van der Waals surface area (Å²) in [6, 6.07) is 10.8. The third kappa shape index (κ3) is 7.73. The van der Waals surface area contributed by atoms with Crippen LogP contribution in [0, 0.1) is 17.0 Å². The number of carbonyl (C=O) groups excluding carboxylic acids is 1. The predicted octanol–water partition coefficient (Wildman–Crippen LogP) is 7.21. The maximum Gasteiger partial charge on any atom is 0.335 e. The zero-order valence-electron chi connectivity index (χ0n) is 26.8. The van der Waals surface area contributed by atoms with Gasteiger partial charge in [-0.25, -0.2) is 13.6 Å². The Morgan fingerprint density at radius 3 is 2.40 bits per heavy atom. The van der Waals surface area contributed by atoms with Crippen LogP contribution < -0.4 is 15.8 Å². The quantitative estimate of drug-likeness (QED) is 0.148. The Labute approximate surface area is 283 Å². The zero-order valence-corrected chi connectivity index (χ0v) is 28.3. The van der Waals surface area contributed by atoms with Crippen molar-refractivity contribution in [2.45, 2.75) is 70.0 Å². The second-order valence-corrected chi connectivity index (χ2v) is 14.0. The number of amides is 1. The molecule has 1 amide bonds. The van der Waals surface area contributed by atoms with Crippen molar-refractivity contribution >= 4 is 40.8 Å². The summed E-state index contributed by atoms with van der Waals surface area (Å²) in [5, 5.41) is 21.8. The van der Waals surface area contributed by atoms with Gasteiger partial charge in [0.1, 0.15) is 17.4 Å². The number of aliphatic hydroxyl groups excluding tert-OH is 1. The van der Waals surface area contributed by atoms with E-state index in [0.717, 1.165) is 6.07 Å². The van der Waals surface area contributed by atoms with E-state index in [2.05, 4.69) is 5.32 Å². The number of benzene rings is 3. The fraction of sp³-hybridized carbons (Fsp3) is 0.429. The van der Waals surface area contributed by atoms with Gasteiger partial charge in [0, 0.05) is 29.2 Å². The number of nitrogens with one attached hydrogen (secondary N) is 1. The number of unbranched alkanes of at least 4 members (excludes halogenated alkanes) is 2. The average Bonchev–Trinajstić information content (AvgIpc) is 3.23. The standard InChI is InChI=1S/C35H41Cl2F2N3O5/c1-34(2,3)19-28-35(40,23-13-12-21(36)18-25(23)38)29(22-9-8-10-24(37)30(22)39)31(42(28)15-6-5-7-16-43)32(44)41-26-14-11-20(33(45)46)17-27(26)47-4/h8-14,17-18,28-29,31,43H,5-7,15-16,19,40H2,1-4H3,(H,41,44)(H,45,46)/t28-,29-,31+,35+/m0/s1. The fourth-order valence-electron chi connectivity index (χ4n) is 6.68. The van der Waals surface area contributed by atoms with E-state index in [9.17, 15) is 19.8 Å². The lowest BCUT2D eigenvalue weighted by molar-refractivity contribution is -0.121. The number of carboxylic acid groups (broad SMARTS) is 1. The van der Waals surface area contributed by atoms with E-state index in [0.29, 0.717) is 32.2 Å². The van der Waals surface area contributed by atoms with Crippen LogP contribution in [-0.2, 0) is 10.3 Å². The SMILES string of the molecule is COc1cc(C(=O)O)ccc1NC(=O)[C@H]1[C@H](c2cccc(Cl)c2F)[C@@](N)(c2ccc(Cl)cc2F)[C@H](CC(C)(C)C)N1CCCCCO. The summed E-state index contributed by atoms with van der Waals surface area (Å²) in [6.45, 7) is 6.34. The number of ether oxygens (including phenoxy) is 1. The zero-order chi connectivity index (χ0) is 34.7. The molecule has 4 atom stereocenters. The molecule has 3 aromatic carbocycles. The minimum absolute atomic E-state index is 0.00533. The molecule has 0 aliphatic carbocycles. The maximum absolute atomic E-state index is 16.2. The van der Waals surface area contributed by atoms with E-state index in [1.54, 1.807) is 6.07 Å². The summed E-state index contributed by atoms with van der Waals surface area (Å²) in [6.07, 6.45) is 2.13. The summed E-state index contributed by atoms with van der Waals surface area (Å²) < 4.78 is 37.7. The maximum atomic E-state index is 16.2. The van der Waals surface area contributed by atoms with Crippen LogP contribution in [0.25, 0.3) is 0 Å². The molecule has 5 N–H and O–H groups in total. The minimum atomic E-state index is -1.68. The molecule has 4 rings (SSSR count). The number of nitrogens with zero attached hydrogens (tertiary/aromatic N) is 1. The summed E-state index contributed by atoms with van der Waals surface area (Å²) in [5.74, 6) is -4.29. The third-order valence-electron chi connectivity index (χ3n) is 8.71. The molecule has 12 heteroatoms. The molecular formula is C35H41Cl2F2N3O5. The molecule has 0 aromatic heterocycles. The molecule has 3 aromatic rings. The molecule has 254 valence electrons. The Hall–Kier alpha value is -3.28. The van der Waals surface area contributed by atoms with E-state index in [1.807, 2.05) is 25.7 Å². The highest BCUT2D eigenvalue weighted by atomic mass is 35.5. The summed E-state index contributed by atoms with van der Waals surface area (Å²) in [5.41, 5.74) is 5.68. The molecule has 47 heavy (non-hydrogen) atoms. The molecule has 0 spiro atoms. The van der Waals surface area contributed by atoms with Crippen molar-refractivity contribution in [1.82, 2.24) is 4.90 Å². The van der Waals surface area contributed by atoms with Gasteiger partial charge in [0.2, 0.25) is 5.91 Å². The smallest absolute Gasteiger partial charge is 0.335 e. The van der Waals surface area contributed by atoms with Gasteiger partial charge in [-0.15, -0.1) is 0 Å². The molecule has 0 radical (unpaired) electrons. The van der Waals surface area contributed by atoms with Crippen LogP contribution in [0.5, 0.6) is 5.75 Å². The molecule has 1 heterocycles. The van der Waals surface area contributed by atoms with Gasteiger partial charge in [-0.1, -0.05) is 62.2 Å². The predicted molar refractivity (Wildman–Crippen MR) is 179 cm³/mol. The number of hydrogen-bond donors (Lipinski definition) is 4. The van der Waals surface area contributed by atoms with Crippen molar-refractivity contribution in [1.29, 1.82) is 0 Å². The monoisotopic (exact) mass is 691 g/mol. The summed E-state index contributed by atoms with van der Waals surface area (Å²) in [7, 11) is 1.34. The van der Waals surface area contributed by atoms with Crippen molar-refractivity contribution in [2.24, 2.45) is 11.1 Å². The molecule has 1 aliphatic rings. The summed E-state index contributed by atoms with van der Waals surface area (Å²) in [4.78, 5) is 28.2. The van der Waals surface area contributed by atoms with Gasteiger partial charge in [-0.3, -0.25) is 9.69 Å². The fourth-order valence-corrected chi connectivity index (χ4v) is 7.02. The number of aromatic carboxylic acids is 1. The molecule has 1 saturated heterocycles. The van der Waals surface area contributed by atoms with Gasteiger partial charge >= 0.3 is 5.97 Å². The second-order valence-electron chi connectivity index (χ2n) is 13.1. The number of likely N-dealkylation sites (tertiary alicyclic amines) is 1. The highest BCUT2D eigenvalue weighted by molar-refractivity contribution is 6.31.